The molecule has 3 aromatic rings. The lowest BCUT2D eigenvalue weighted by Crippen LogP contribution is -2.46. The highest BCUT2D eigenvalue weighted by Gasteiger charge is 2.32. The molecule has 0 saturated carbocycles. The maximum atomic E-state index is 13.0. The second kappa shape index (κ2) is 7.90. The highest BCUT2D eigenvalue weighted by molar-refractivity contribution is 7.18. The van der Waals surface area contributed by atoms with Gasteiger partial charge in [-0.3, -0.25) is 20.4 Å². The van der Waals surface area contributed by atoms with E-state index in [0.717, 1.165) is 21.6 Å². The van der Waals surface area contributed by atoms with Crippen LogP contribution in [0, 0.1) is 11.7 Å². The Morgan fingerprint density at radius 3 is 2.54 bits per heavy atom. The molecule has 142 valence electrons. The number of hydrazine groups is 1. The molecule has 0 bridgehead atoms. The number of aromatic nitrogens is 1. The van der Waals surface area contributed by atoms with Crippen LogP contribution in [0.4, 0.5) is 4.39 Å². The van der Waals surface area contributed by atoms with Gasteiger partial charge in [0.25, 0.3) is 5.91 Å². The topological polar surface area (TPSA) is 71.1 Å². The number of halogens is 1. The molecule has 4 rings (SSSR count). The smallest absolute Gasteiger partial charge is 0.269 e. The number of hydrogen-bond acceptors (Lipinski definition) is 4. The first-order valence-corrected chi connectivity index (χ1v) is 9.79. The molecule has 2 amide bonds. The summed E-state index contributed by atoms with van der Waals surface area (Å²) >= 11 is 1.60. The van der Waals surface area contributed by atoms with Crippen molar-refractivity contribution in [3.05, 3.63) is 77.1 Å². The van der Waals surface area contributed by atoms with Crippen LogP contribution in [0.5, 0.6) is 0 Å². The Bertz CT molecular complexity index is 1010. The number of carbonyl (C=O) groups excluding carboxylic acids is 2. The summed E-state index contributed by atoms with van der Waals surface area (Å²) in [4.78, 5) is 29.6. The lowest BCUT2D eigenvalue weighted by molar-refractivity contribution is -0.126. The molecule has 7 heteroatoms. The van der Waals surface area contributed by atoms with Crippen LogP contribution in [0.2, 0.25) is 0 Å². The van der Waals surface area contributed by atoms with E-state index in [1.54, 1.807) is 11.3 Å². The third-order valence-corrected chi connectivity index (χ3v) is 5.97. The number of nitrogens with zero attached hydrogens (tertiary/aromatic N) is 1. The second-order valence-electron chi connectivity index (χ2n) is 6.63. The van der Waals surface area contributed by atoms with Gasteiger partial charge < -0.3 is 0 Å². The Morgan fingerprint density at radius 2 is 1.75 bits per heavy atom. The Balaban J connectivity index is 1.46. The van der Waals surface area contributed by atoms with E-state index < -0.39 is 11.7 Å². The molecule has 1 aromatic heterocycles. The largest absolute Gasteiger partial charge is 0.273 e. The van der Waals surface area contributed by atoms with Crippen LogP contribution >= 0.6 is 11.3 Å². The van der Waals surface area contributed by atoms with E-state index in [1.165, 1.54) is 24.3 Å². The fourth-order valence-electron chi connectivity index (χ4n) is 3.31. The number of rotatable bonds is 3. The summed E-state index contributed by atoms with van der Waals surface area (Å²) in [6.07, 6.45) is 5.36. The number of thiazole rings is 1. The van der Waals surface area contributed by atoms with Gasteiger partial charge in [0.05, 0.1) is 21.1 Å². The monoisotopic (exact) mass is 395 g/mol. The van der Waals surface area contributed by atoms with Crippen molar-refractivity contribution in [1.82, 2.24) is 15.8 Å². The maximum Gasteiger partial charge on any atom is 0.269 e. The van der Waals surface area contributed by atoms with Gasteiger partial charge in [0, 0.05) is 11.5 Å². The molecule has 2 atom stereocenters. The standard InChI is InChI=1S/C21H18FN3O2S/c22-14-11-9-13(10-12-14)19(26)24-25-20(27)15-5-1-2-6-16(15)21-23-17-7-3-4-8-18(17)28-21/h1-4,7-12,15-16H,5-6H2,(H,24,26)(H,25,27). The van der Waals surface area contributed by atoms with Crippen molar-refractivity contribution < 1.29 is 14.0 Å². The maximum absolute atomic E-state index is 13.0. The Hall–Kier alpha value is -3.06. The number of allylic oxidation sites excluding steroid dienone is 2. The summed E-state index contributed by atoms with van der Waals surface area (Å²) in [6, 6.07) is 13.0. The minimum absolute atomic E-state index is 0.0369. The first-order valence-electron chi connectivity index (χ1n) is 8.98. The SMILES string of the molecule is O=C(NNC(=O)C1CC=CCC1c1nc2ccccc2s1)c1ccc(F)cc1. The number of nitrogens with one attached hydrogen (secondary N) is 2. The second-order valence-corrected chi connectivity index (χ2v) is 7.69. The summed E-state index contributed by atoms with van der Waals surface area (Å²) in [7, 11) is 0. The normalized spacial score (nSPS) is 18.8. The van der Waals surface area contributed by atoms with Crippen LogP contribution in [0.25, 0.3) is 10.2 Å². The highest BCUT2D eigenvalue weighted by atomic mass is 32.1. The van der Waals surface area contributed by atoms with Crippen molar-refractivity contribution >= 4 is 33.4 Å². The fourth-order valence-corrected chi connectivity index (χ4v) is 4.46. The van der Waals surface area contributed by atoms with Gasteiger partial charge in [0.2, 0.25) is 5.91 Å². The third-order valence-electron chi connectivity index (χ3n) is 4.80. The molecule has 0 radical (unpaired) electrons. The minimum atomic E-state index is -0.490. The highest BCUT2D eigenvalue weighted by Crippen LogP contribution is 2.38. The van der Waals surface area contributed by atoms with Gasteiger partial charge in [-0.05, 0) is 49.2 Å². The van der Waals surface area contributed by atoms with E-state index >= 15 is 0 Å². The number of benzene rings is 2. The molecular weight excluding hydrogens is 377 g/mol. The average Bonchev–Trinajstić information content (AvgIpc) is 3.16. The van der Waals surface area contributed by atoms with E-state index in [9.17, 15) is 14.0 Å². The quantitative estimate of drug-likeness (QED) is 0.521. The van der Waals surface area contributed by atoms with Crippen LogP contribution in [-0.2, 0) is 4.79 Å². The first kappa shape index (κ1) is 18.3. The minimum Gasteiger partial charge on any atom is -0.273 e. The van der Waals surface area contributed by atoms with Crippen LogP contribution in [0.1, 0.15) is 34.1 Å². The van der Waals surface area contributed by atoms with Gasteiger partial charge in [-0.2, -0.15) is 0 Å². The third kappa shape index (κ3) is 3.80. The lowest BCUT2D eigenvalue weighted by Gasteiger charge is -2.26. The molecule has 2 aromatic carbocycles. The van der Waals surface area contributed by atoms with Gasteiger partial charge in [-0.15, -0.1) is 11.3 Å². The first-order chi connectivity index (χ1) is 13.6. The Kier molecular flexibility index (Phi) is 5.16. The van der Waals surface area contributed by atoms with Gasteiger partial charge in [-0.1, -0.05) is 24.3 Å². The molecule has 1 aliphatic rings. The molecule has 2 N–H and O–H groups in total. The van der Waals surface area contributed by atoms with Gasteiger partial charge in [-0.25, -0.2) is 9.37 Å². The summed E-state index contributed by atoms with van der Waals surface area (Å²) < 4.78 is 14.1. The van der Waals surface area contributed by atoms with Gasteiger partial charge in [0.1, 0.15) is 5.82 Å². The molecule has 1 aliphatic carbocycles. The number of para-hydroxylation sites is 1. The molecular formula is C21H18FN3O2S. The number of amides is 2. The van der Waals surface area contributed by atoms with E-state index in [2.05, 4.69) is 16.9 Å². The van der Waals surface area contributed by atoms with Crippen LogP contribution in [0.15, 0.2) is 60.7 Å². The molecule has 0 saturated heterocycles. The Labute approximate surface area is 165 Å². The van der Waals surface area contributed by atoms with Crippen molar-refractivity contribution in [1.29, 1.82) is 0 Å². The lowest BCUT2D eigenvalue weighted by atomic mass is 9.83. The van der Waals surface area contributed by atoms with Crippen molar-refractivity contribution in [2.45, 2.75) is 18.8 Å². The molecule has 1 heterocycles. The predicted octanol–water partition coefficient (Wildman–Crippen LogP) is 3.95. The number of hydrogen-bond donors (Lipinski definition) is 2. The van der Waals surface area contributed by atoms with Crippen LogP contribution in [-0.4, -0.2) is 16.8 Å². The molecule has 2 unspecified atom stereocenters. The zero-order chi connectivity index (χ0) is 19.5. The molecule has 0 aliphatic heterocycles. The summed E-state index contributed by atoms with van der Waals surface area (Å²) in [5.41, 5.74) is 6.12. The molecule has 28 heavy (non-hydrogen) atoms. The zero-order valence-electron chi connectivity index (χ0n) is 14.9. The van der Waals surface area contributed by atoms with Gasteiger partial charge in [0.15, 0.2) is 0 Å². The van der Waals surface area contributed by atoms with E-state index in [0.29, 0.717) is 6.42 Å². The van der Waals surface area contributed by atoms with E-state index in [1.807, 2.05) is 30.3 Å². The zero-order valence-corrected chi connectivity index (χ0v) is 15.7. The summed E-state index contributed by atoms with van der Waals surface area (Å²) in [5.74, 6) is -1.53. The van der Waals surface area contributed by atoms with Crippen LogP contribution in [0.3, 0.4) is 0 Å². The van der Waals surface area contributed by atoms with E-state index in [-0.39, 0.29) is 23.3 Å². The van der Waals surface area contributed by atoms with Crippen molar-refractivity contribution in [3.63, 3.8) is 0 Å². The van der Waals surface area contributed by atoms with Gasteiger partial charge >= 0.3 is 0 Å². The number of fused-ring (bicyclic) bond motifs is 1. The van der Waals surface area contributed by atoms with Crippen molar-refractivity contribution in [2.75, 3.05) is 0 Å². The predicted molar refractivity (Wildman–Crippen MR) is 106 cm³/mol. The van der Waals surface area contributed by atoms with E-state index in [4.69, 9.17) is 4.98 Å². The summed E-state index contributed by atoms with van der Waals surface area (Å²) in [6.45, 7) is 0. The fraction of sp³-hybridized carbons (Fsp3) is 0.190. The molecule has 0 spiro atoms. The molecule has 5 nitrogen and oxygen atoms in total. The van der Waals surface area contributed by atoms with Crippen LogP contribution < -0.4 is 10.9 Å². The average molecular weight is 395 g/mol. The Morgan fingerprint density at radius 1 is 1.00 bits per heavy atom. The molecule has 0 fully saturated rings. The van der Waals surface area contributed by atoms with Crippen molar-refractivity contribution in [2.24, 2.45) is 5.92 Å². The number of carbonyl (C=O) groups is 2. The van der Waals surface area contributed by atoms with Crippen molar-refractivity contribution in [3.8, 4) is 0 Å². The summed E-state index contributed by atoms with van der Waals surface area (Å²) in [5, 5.41) is 0.926.